The molecule has 1 fully saturated rings. The van der Waals surface area contributed by atoms with E-state index in [-0.39, 0.29) is 35.6 Å². The van der Waals surface area contributed by atoms with Crippen LogP contribution < -0.4 is 16.0 Å². The first-order chi connectivity index (χ1) is 12.4. The van der Waals surface area contributed by atoms with Crippen LogP contribution in [0.15, 0.2) is 18.2 Å². The van der Waals surface area contributed by atoms with Crippen molar-refractivity contribution in [2.75, 3.05) is 13.1 Å². The normalized spacial score (nSPS) is 19.5. The fraction of sp³-hybridized carbons (Fsp3) is 0.500. The molecule has 1 aliphatic carbocycles. The summed E-state index contributed by atoms with van der Waals surface area (Å²) < 4.78 is 0. The largest absolute Gasteiger partial charge is 0.352 e. The molecule has 0 aromatic heterocycles. The van der Waals surface area contributed by atoms with Crippen LogP contribution in [0.4, 0.5) is 0 Å². The van der Waals surface area contributed by atoms with Crippen molar-refractivity contribution in [1.82, 2.24) is 16.0 Å². The van der Waals surface area contributed by atoms with E-state index >= 15 is 0 Å². The molecule has 8 heteroatoms. The number of benzene rings is 1. The van der Waals surface area contributed by atoms with Crippen LogP contribution in [0, 0.1) is 5.92 Å². The average molecular weight is 400 g/mol. The summed E-state index contributed by atoms with van der Waals surface area (Å²) in [5.41, 5.74) is 0.230. The summed E-state index contributed by atoms with van der Waals surface area (Å²) in [5, 5.41) is 8.54. The van der Waals surface area contributed by atoms with Gasteiger partial charge in [-0.3, -0.25) is 14.4 Å². The van der Waals surface area contributed by atoms with Gasteiger partial charge < -0.3 is 16.0 Å². The highest BCUT2D eigenvalue weighted by atomic mass is 35.5. The monoisotopic (exact) mass is 399 g/mol. The second-order valence-corrected chi connectivity index (χ2v) is 7.36. The van der Waals surface area contributed by atoms with Gasteiger partial charge in [-0.25, -0.2) is 0 Å². The Morgan fingerprint density at radius 3 is 2.42 bits per heavy atom. The minimum atomic E-state index is -0.484. The molecule has 0 bridgehead atoms. The van der Waals surface area contributed by atoms with Crippen molar-refractivity contribution in [3.8, 4) is 0 Å². The third-order valence-corrected chi connectivity index (χ3v) is 5.04. The summed E-state index contributed by atoms with van der Waals surface area (Å²) in [6.45, 7) is 1.77. The summed E-state index contributed by atoms with van der Waals surface area (Å²) in [6, 6.07) is 4.64. The molecule has 1 aromatic rings. The number of amides is 3. The molecule has 0 radical (unpaired) electrons. The Morgan fingerprint density at radius 1 is 1.04 bits per heavy atom. The third-order valence-electron chi connectivity index (χ3n) is 4.49. The van der Waals surface area contributed by atoms with Gasteiger partial charge in [0.15, 0.2) is 0 Å². The highest BCUT2D eigenvalue weighted by molar-refractivity contribution is 6.36. The van der Waals surface area contributed by atoms with E-state index in [0.29, 0.717) is 10.9 Å². The Morgan fingerprint density at radius 2 is 1.73 bits per heavy atom. The van der Waals surface area contributed by atoms with Crippen LogP contribution in [0.1, 0.15) is 43.0 Å². The first-order valence-electron chi connectivity index (χ1n) is 8.66. The van der Waals surface area contributed by atoms with Crippen molar-refractivity contribution in [2.45, 2.75) is 38.6 Å². The van der Waals surface area contributed by atoms with E-state index in [1.165, 1.54) is 18.6 Å². The topological polar surface area (TPSA) is 87.3 Å². The van der Waals surface area contributed by atoms with E-state index in [1.807, 2.05) is 0 Å². The van der Waals surface area contributed by atoms with Gasteiger partial charge in [0.2, 0.25) is 11.8 Å². The van der Waals surface area contributed by atoms with Gasteiger partial charge in [0.05, 0.1) is 23.7 Å². The van der Waals surface area contributed by atoms with Crippen LogP contribution in [-0.2, 0) is 9.59 Å². The predicted octanol–water partition coefficient (Wildman–Crippen LogP) is 2.53. The molecule has 3 amide bonds. The van der Waals surface area contributed by atoms with Crippen LogP contribution in [0.3, 0.4) is 0 Å². The summed E-state index contributed by atoms with van der Waals surface area (Å²) >= 11 is 11.7. The molecular weight excluding hydrogens is 377 g/mol. The summed E-state index contributed by atoms with van der Waals surface area (Å²) in [6.07, 6.45) is 4.39. The molecule has 142 valence electrons. The minimum Gasteiger partial charge on any atom is -0.352 e. The standard InChI is InChI=1S/C18H23Cl2N3O3/c1-11-4-2-3-5-15(11)23-17(25)10-21-16(24)9-22-18(26)13-7-6-12(19)8-14(13)20/h6-8,11,15H,2-5,9-10H2,1H3,(H,21,24)(H,22,26)(H,23,25)/t11-,15-/m0/s1. The van der Waals surface area contributed by atoms with Gasteiger partial charge in [-0.2, -0.15) is 0 Å². The highest BCUT2D eigenvalue weighted by Crippen LogP contribution is 2.23. The van der Waals surface area contributed by atoms with Gasteiger partial charge in [0.1, 0.15) is 0 Å². The fourth-order valence-corrected chi connectivity index (χ4v) is 3.45. The van der Waals surface area contributed by atoms with Gasteiger partial charge in [-0.15, -0.1) is 0 Å². The zero-order valence-electron chi connectivity index (χ0n) is 14.6. The van der Waals surface area contributed by atoms with Gasteiger partial charge in [-0.1, -0.05) is 43.0 Å². The Kier molecular flexibility index (Phi) is 7.72. The van der Waals surface area contributed by atoms with Crippen LogP contribution in [0.5, 0.6) is 0 Å². The second-order valence-electron chi connectivity index (χ2n) is 6.52. The van der Waals surface area contributed by atoms with Crippen LogP contribution in [0.25, 0.3) is 0 Å². The minimum absolute atomic E-state index is 0.111. The summed E-state index contributed by atoms with van der Waals surface area (Å²) in [7, 11) is 0. The van der Waals surface area contributed by atoms with Crippen LogP contribution >= 0.6 is 23.2 Å². The van der Waals surface area contributed by atoms with Crippen molar-refractivity contribution in [2.24, 2.45) is 5.92 Å². The van der Waals surface area contributed by atoms with Crippen molar-refractivity contribution >= 4 is 40.9 Å². The number of nitrogens with one attached hydrogen (secondary N) is 3. The Labute approximate surface area is 163 Å². The number of rotatable bonds is 6. The molecule has 3 N–H and O–H groups in total. The zero-order chi connectivity index (χ0) is 19.1. The quantitative estimate of drug-likeness (QED) is 0.686. The molecule has 6 nitrogen and oxygen atoms in total. The first kappa shape index (κ1) is 20.5. The maximum absolute atomic E-state index is 12.0. The summed E-state index contributed by atoms with van der Waals surface area (Å²) in [4.78, 5) is 35.8. The van der Waals surface area contributed by atoms with Gasteiger partial charge >= 0.3 is 0 Å². The highest BCUT2D eigenvalue weighted by Gasteiger charge is 2.22. The lowest BCUT2D eigenvalue weighted by Gasteiger charge is -2.29. The number of carbonyl (C=O) groups is 3. The molecule has 1 aliphatic rings. The van der Waals surface area contributed by atoms with E-state index in [2.05, 4.69) is 22.9 Å². The van der Waals surface area contributed by atoms with Crippen molar-refractivity contribution < 1.29 is 14.4 Å². The molecule has 1 aromatic carbocycles. The number of hydrogen-bond acceptors (Lipinski definition) is 3. The molecule has 1 saturated carbocycles. The van der Waals surface area contributed by atoms with Gasteiger partial charge in [-0.05, 0) is 37.0 Å². The Bertz CT molecular complexity index is 682. The Hall–Kier alpha value is -1.79. The number of carbonyl (C=O) groups excluding carboxylic acids is 3. The molecule has 26 heavy (non-hydrogen) atoms. The maximum atomic E-state index is 12.0. The van der Waals surface area contributed by atoms with Gasteiger partial charge in [0, 0.05) is 11.1 Å². The van der Waals surface area contributed by atoms with Crippen LogP contribution in [0.2, 0.25) is 10.0 Å². The van der Waals surface area contributed by atoms with Gasteiger partial charge in [0.25, 0.3) is 5.91 Å². The van der Waals surface area contributed by atoms with Crippen molar-refractivity contribution in [1.29, 1.82) is 0 Å². The maximum Gasteiger partial charge on any atom is 0.253 e. The number of halogens is 2. The van der Waals surface area contributed by atoms with E-state index < -0.39 is 11.8 Å². The summed E-state index contributed by atoms with van der Waals surface area (Å²) in [5.74, 6) is -0.700. The molecule has 0 saturated heterocycles. The molecule has 0 aliphatic heterocycles. The van der Waals surface area contributed by atoms with E-state index in [4.69, 9.17) is 23.2 Å². The molecule has 2 atom stereocenters. The van der Waals surface area contributed by atoms with E-state index in [1.54, 1.807) is 6.07 Å². The van der Waals surface area contributed by atoms with Crippen molar-refractivity contribution in [3.63, 3.8) is 0 Å². The molecular formula is C18H23Cl2N3O3. The first-order valence-corrected chi connectivity index (χ1v) is 9.41. The van der Waals surface area contributed by atoms with E-state index in [0.717, 1.165) is 19.3 Å². The lowest BCUT2D eigenvalue weighted by Crippen LogP contribution is -2.47. The zero-order valence-corrected chi connectivity index (χ0v) is 16.1. The molecule has 0 unspecified atom stereocenters. The van der Waals surface area contributed by atoms with E-state index in [9.17, 15) is 14.4 Å². The lowest BCUT2D eigenvalue weighted by molar-refractivity contribution is -0.126. The predicted molar refractivity (Wildman–Crippen MR) is 101 cm³/mol. The lowest BCUT2D eigenvalue weighted by atomic mass is 9.86. The average Bonchev–Trinajstić information content (AvgIpc) is 2.60. The molecule has 0 heterocycles. The Balaban J connectivity index is 1.71. The SMILES string of the molecule is C[C@H]1CCCC[C@@H]1NC(=O)CNC(=O)CNC(=O)c1ccc(Cl)cc1Cl. The molecule has 0 spiro atoms. The fourth-order valence-electron chi connectivity index (χ4n) is 2.96. The van der Waals surface area contributed by atoms with Crippen molar-refractivity contribution in [3.05, 3.63) is 33.8 Å². The van der Waals surface area contributed by atoms with Crippen LogP contribution in [-0.4, -0.2) is 36.9 Å². The second kappa shape index (κ2) is 9.78. The molecule has 2 rings (SSSR count). The number of hydrogen-bond donors (Lipinski definition) is 3. The smallest absolute Gasteiger partial charge is 0.253 e. The third kappa shape index (κ3) is 6.18.